The second kappa shape index (κ2) is 9.74. The second-order valence-electron chi connectivity index (χ2n) is 6.47. The van der Waals surface area contributed by atoms with Crippen molar-refractivity contribution < 1.29 is 32.6 Å². The first-order valence-corrected chi connectivity index (χ1v) is 10.1. The number of alkyl halides is 3. The molecule has 2 heterocycles. The van der Waals surface area contributed by atoms with Gasteiger partial charge in [-0.15, -0.1) is 0 Å². The highest BCUT2D eigenvalue weighted by molar-refractivity contribution is 7.99. The number of aromatic amines is 2. The van der Waals surface area contributed by atoms with Crippen LogP contribution in [0.2, 0.25) is 0 Å². The lowest BCUT2D eigenvalue weighted by molar-refractivity contribution is -0.141. The van der Waals surface area contributed by atoms with Crippen molar-refractivity contribution in [1.29, 1.82) is 0 Å². The molecule has 0 aliphatic rings. The van der Waals surface area contributed by atoms with Crippen LogP contribution >= 0.6 is 11.8 Å². The lowest BCUT2D eigenvalue weighted by Crippen LogP contribution is -2.23. The van der Waals surface area contributed by atoms with Gasteiger partial charge in [0.2, 0.25) is 5.91 Å². The van der Waals surface area contributed by atoms with Gasteiger partial charge in [0.25, 0.3) is 11.5 Å². The van der Waals surface area contributed by atoms with Gasteiger partial charge < -0.3 is 26.2 Å². The number of benzene rings is 1. The number of ether oxygens (including phenoxy) is 1. The molecule has 0 atom stereocenters. The van der Waals surface area contributed by atoms with E-state index in [2.05, 4.69) is 25.7 Å². The normalized spacial score (nSPS) is 11.2. The average Bonchev–Trinajstić information content (AvgIpc) is 3.24. The molecule has 0 aliphatic carbocycles. The first-order valence-electron chi connectivity index (χ1n) is 9.11. The molecule has 180 valence electrons. The van der Waals surface area contributed by atoms with Crippen LogP contribution in [0.15, 0.2) is 34.2 Å². The number of nitrogens with zero attached hydrogens (tertiary/aromatic N) is 2. The molecule has 7 N–H and O–H groups in total. The summed E-state index contributed by atoms with van der Waals surface area (Å²) in [6.45, 7) is 0. The third kappa shape index (κ3) is 5.77. The van der Waals surface area contributed by atoms with E-state index in [9.17, 15) is 32.7 Å². The fourth-order valence-corrected chi connectivity index (χ4v) is 3.17. The molecule has 0 bridgehead atoms. The smallest absolute Gasteiger partial charge is 0.432 e. The summed E-state index contributed by atoms with van der Waals surface area (Å²) in [5, 5.41) is 19.1. The Balaban J connectivity index is 1.64. The van der Waals surface area contributed by atoms with Crippen molar-refractivity contribution in [2.45, 2.75) is 11.3 Å². The van der Waals surface area contributed by atoms with Gasteiger partial charge in [-0.1, -0.05) is 11.8 Å². The number of thioether (sulfide) groups is 1. The maximum absolute atomic E-state index is 12.6. The summed E-state index contributed by atoms with van der Waals surface area (Å²) in [6, 6.07) is 4.41. The first-order chi connectivity index (χ1) is 16.0. The van der Waals surface area contributed by atoms with Crippen LogP contribution in [0.3, 0.4) is 0 Å². The van der Waals surface area contributed by atoms with E-state index < -0.39 is 29.2 Å². The van der Waals surface area contributed by atoms with E-state index in [0.717, 1.165) is 11.8 Å². The Morgan fingerprint density at radius 3 is 2.62 bits per heavy atom. The number of hydrogen-bond donors (Lipinski definition) is 6. The van der Waals surface area contributed by atoms with Gasteiger partial charge in [0.1, 0.15) is 11.4 Å². The predicted molar refractivity (Wildman–Crippen MR) is 115 cm³/mol. The van der Waals surface area contributed by atoms with Crippen molar-refractivity contribution in [2.24, 2.45) is 0 Å². The van der Waals surface area contributed by atoms with Crippen molar-refractivity contribution in [2.75, 3.05) is 29.2 Å². The van der Waals surface area contributed by atoms with Crippen LogP contribution in [0.4, 0.5) is 30.5 Å². The number of nitrogens with one attached hydrogen (secondary N) is 4. The molecule has 0 unspecified atom stereocenters. The van der Waals surface area contributed by atoms with Gasteiger partial charge >= 0.3 is 6.18 Å². The number of rotatable bonds is 7. The Labute approximate surface area is 192 Å². The van der Waals surface area contributed by atoms with Gasteiger partial charge in [0.15, 0.2) is 28.3 Å². The van der Waals surface area contributed by atoms with Gasteiger partial charge in [-0.2, -0.15) is 18.3 Å². The molecule has 0 aliphatic heterocycles. The number of carbonyl (C=O) groups is 2. The maximum atomic E-state index is 12.6. The third-order valence-corrected chi connectivity index (χ3v) is 4.97. The number of phenolic OH excluding ortho intramolecular Hbond substituents is 1. The molecule has 0 spiro atoms. The highest BCUT2D eigenvalue weighted by atomic mass is 32.2. The Kier molecular flexibility index (Phi) is 7.00. The number of amides is 2. The maximum Gasteiger partial charge on any atom is 0.432 e. The van der Waals surface area contributed by atoms with E-state index in [1.54, 1.807) is 5.10 Å². The van der Waals surface area contributed by atoms with Gasteiger partial charge in [0, 0.05) is 11.6 Å². The molecule has 0 radical (unpaired) electrons. The predicted octanol–water partition coefficient (Wildman–Crippen LogP) is 1.79. The fourth-order valence-electron chi connectivity index (χ4n) is 2.51. The highest BCUT2D eigenvalue weighted by Gasteiger charge is 2.33. The van der Waals surface area contributed by atoms with Gasteiger partial charge in [0.05, 0.1) is 12.9 Å². The number of hydrogen-bond acceptors (Lipinski definition) is 9. The molecule has 0 saturated heterocycles. The number of phenols is 1. The molecule has 12 nitrogen and oxygen atoms in total. The van der Waals surface area contributed by atoms with Crippen LogP contribution in [0, 0.1) is 0 Å². The number of anilines is 3. The molecule has 2 amide bonds. The number of aromatic nitrogens is 4. The topological polar surface area (TPSA) is 188 Å². The number of methoxy groups -OCH3 is 1. The standard InChI is InChI=1S/C18H16F3N7O5S/c1-33-9-4-7(2-3-8(9)29)15(31)24-13-14(22)25-17(26-16(13)32)34-6-12(30)23-11-5-10(27-28-11)18(19,20)21/h2-5,29H,6H2,1H3,(H,24,31)(H3,22,25,26,32)(H2,23,27,28,30). The average molecular weight is 499 g/mol. The minimum Gasteiger partial charge on any atom is -0.504 e. The molecule has 16 heteroatoms. The summed E-state index contributed by atoms with van der Waals surface area (Å²) in [5.41, 5.74) is 3.54. The first kappa shape index (κ1) is 24.4. The fraction of sp³-hybridized carbons (Fsp3) is 0.167. The SMILES string of the molecule is COc1cc(C(=O)Nc2c(N)nc(SCC(=O)Nc3cc(C(F)(F)F)[nH]n3)[nH]c2=O)ccc1O. The molecule has 0 fully saturated rings. The quantitative estimate of drug-likeness (QED) is 0.208. The summed E-state index contributed by atoms with van der Waals surface area (Å²) >= 11 is 0.743. The van der Waals surface area contributed by atoms with E-state index in [4.69, 9.17) is 10.5 Å². The minimum atomic E-state index is -4.64. The number of nitrogens with two attached hydrogens (primary N) is 1. The van der Waals surface area contributed by atoms with Crippen molar-refractivity contribution in [3.05, 3.63) is 45.9 Å². The Morgan fingerprint density at radius 1 is 1.26 bits per heavy atom. The zero-order valence-corrected chi connectivity index (χ0v) is 17.9. The molecule has 3 aromatic rings. The second-order valence-corrected chi connectivity index (χ2v) is 7.44. The summed E-state index contributed by atoms with van der Waals surface area (Å²) in [4.78, 5) is 43.0. The third-order valence-electron chi connectivity index (χ3n) is 4.10. The van der Waals surface area contributed by atoms with Crippen LogP contribution in [-0.2, 0) is 11.0 Å². The van der Waals surface area contributed by atoms with Crippen molar-refractivity contribution in [3.8, 4) is 11.5 Å². The Morgan fingerprint density at radius 2 is 2.00 bits per heavy atom. The van der Waals surface area contributed by atoms with Crippen molar-refractivity contribution >= 4 is 40.9 Å². The summed E-state index contributed by atoms with van der Waals surface area (Å²) in [5.74, 6) is -2.59. The molecule has 0 saturated carbocycles. The summed E-state index contributed by atoms with van der Waals surface area (Å²) in [7, 11) is 1.30. The molecule has 1 aromatic carbocycles. The van der Waals surface area contributed by atoms with E-state index in [0.29, 0.717) is 6.07 Å². The van der Waals surface area contributed by atoms with Crippen LogP contribution in [0.5, 0.6) is 11.5 Å². The molecule has 2 aromatic heterocycles. The Hall–Kier alpha value is -4.21. The van der Waals surface area contributed by atoms with Crippen molar-refractivity contribution in [3.63, 3.8) is 0 Å². The van der Waals surface area contributed by atoms with Gasteiger partial charge in [-0.05, 0) is 18.2 Å². The van der Waals surface area contributed by atoms with Gasteiger partial charge in [-0.25, -0.2) is 4.98 Å². The van der Waals surface area contributed by atoms with Crippen LogP contribution in [-0.4, -0.2) is 49.9 Å². The monoisotopic (exact) mass is 499 g/mol. The minimum absolute atomic E-state index is 0.0437. The number of aromatic hydroxyl groups is 1. The van der Waals surface area contributed by atoms with Crippen LogP contribution in [0.25, 0.3) is 0 Å². The summed E-state index contributed by atoms with van der Waals surface area (Å²) < 4.78 is 42.6. The number of nitrogen functional groups attached to an aromatic ring is 1. The molecule has 3 rings (SSSR count). The largest absolute Gasteiger partial charge is 0.504 e. The lowest BCUT2D eigenvalue weighted by Gasteiger charge is -2.10. The molecule has 34 heavy (non-hydrogen) atoms. The van der Waals surface area contributed by atoms with E-state index >= 15 is 0 Å². The molecular formula is C18H16F3N7O5S. The lowest BCUT2D eigenvalue weighted by atomic mass is 10.2. The number of halogens is 3. The van der Waals surface area contributed by atoms with E-state index in [-0.39, 0.29) is 45.3 Å². The zero-order valence-electron chi connectivity index (χ0n) is 17.1. The van der Waals surface area contributed by atoms with Crippen LogP contribution in [0.1, 0.15) is 16.1 Å². The highest BCUT2D eigenvalue weighted by Crippen LogP contribution is 2.29. The molecular weight excluding hydrogens is 483 g/mol. The van der Waals surface area contributed by atoms with Crippen molar-refractivity contribution in [1.82, 2.24) is 20.2 Å². The zero-order chi connectivity index (χ0) is 25.0. The van der Waals surface area contributed by atoms with Gasteiger partial charge in [-0.3, -0.25) is 24.5 Å². The van der Waals surface area contributed by atoms with Crippen LogP contribution < -0.4 is 26.7 Å². The van der Waals surface area contributed by atoms with E-state index in [1.165, 1.54) is 25.3 Å². The summed E-state index contributed by atoms with van der Waals surface area (Å²) in [6.07, 6.45) is -4.64. The number of H-pyrrole nitrogens is 2. The number of carbonyl (C=O) groups excluding carboxylic acids is 2. The Bertz CT molecular complexity index is 1290. The van der Waals surface area contributed by atoms with E-state index in [1.807, 2.05) is 0 Å².